The number of carbonyl (C=O) groups excluding carboxylic acids is 4. The Kier molecular flexibility index (Phi) is 39.8. The summed E-state index contributed by atoms with van der Waals surface area (Å²) in [7, 11) is 5.72. The maximum Gasteiger partial charge on any atom is 4.00 e. The Labute approximate surface area is 235 Å². The van der Waals surface area contributed by atoms with Gasteiger partial charge in [0.25, 0.3) is 0 Å². The Bertz CT molecular complexity index is 466. The van der Waals surface area contributed by atoms with Crippen LogP contribution in [0.5, 0.6) is 0 Å². The van der Waals surface area contributed by atoms with E-state index in [1.165, 1.54) is 28.4 Å². The summed E-state index contributed by atoms with van der Waals surface area (Å²) in [6.45, 7) is 4.71. The van der Waals surface area contributed by atoms with E-state index >= 15 is 0 Å². The summed E-state index contributed by atoms with van der Waals surface area (Å²) in [5, 5.41) is 38.9. The molecule has 4 atom stereocenters. The minimum Gasteiger partial charge on any atom is -0.548 e. The SMILES string of the molecule is COC(C)OCC(=O)[O-].COC(C)OCC(=O)[O-].COC(C)OCC(=O)[O-].COC(C)OCC(=O)[O-].[Zr+4]. The van der Waals surface area contributed by atoms with Crippen LogP contribution >= 0.6 is 0 Å². The van der Waals surface area contributed by atoms with Crippen LogP contribution in [-0.2, 0) is 83.3 Å². The van der Waals surface area contributed by atoms with E-state index in [-0.39, 0.29) is 26.2 Å². The molecule has 0 aliphatic carbocycles. The summed E-state index contributed by atoms with van der Waals surface area (Å²) in [4.78, 5) is 38.9. The first-order valence-corrected chi connectivity index (χ1v) is 10.0. The van der Waals surface area contributed by atoms with Crippen molar-refractivity contribution in [2.45, 2.75) is 52.9 Å². The molecule has 0 saturated heterocycles. The van der Waals surface area contributed by atoms with Gasteiger partial charge < -0.3 is 77.5 Å². The van der Waals surface area contributed by atoms with E-state index in [1.807, 2.05) is 0 Å². The van der Waals surface area contributed by atoms with Crippen LogP contribution in [0.2, 0.25) is 0 Å². The zero-order valence-corrected chi connectivity index (χ0v) is 24.6. The van der Waals surface area contributed by atoms with E-state index in [0.29, 0.717) is 0 Å². The number of hydrogen-bond donors (Lipinski definition) is 0. The molecule has 0 N–H and O–H groups in total. The molecular formula is C20H36O16Zr. The molecule has 37 heavy (non-hydrogen) atoms. The van der Waals surface area contributed by atoms with Crippen molar-refractivity contribution in [3.05, 3.63) is 0 Å². The molecule has 0 spiro atoms. The molecular weight excluding hydrogens is 587 g/mol. The molecule has 0 aromatic carbocycles. The molecule has 0 heterocycles. The number of ether oxygens (including phenoxy) is 8. The van der Waals surface area contributed by atoms with Gasteiger partial charge in [-0.05, 0) is 27.7 Å². The van der Waals surface area contributed by atoms with E-state index in [0.717, 1.165) is 0 Å². The van der Waals surface area contributed by atoms with Crippen LogP contribution in [0.1, 0.15) is 27.7 Å². The Morgan fingerprint density at radius 2 is 0.595 bits per heavy atom. The molecule has 0 aromatic heterocycles. The third-order valence-corrected chi connectivity index (χ3v) is 3.07. The van der Waals surface area contributed by atoms with Gasteiger partial charge in [0.2, 0.25) is 0 Å². The molecule has 17 heteroatoms. The summed E-state index contributed by atoms with van der Waals surface area (Å²) in [5.74, 6) is -4.95. The van der Waals surface area contributed by atoms with E-state index < -0.39 is 75.5 Å². The van der Waals surface area contributed by atoms with E-state index in [4.69, 9.17) is 0 Å². The van der Waals surface area contributed by atoms with E-state index in [2.05, 4.69) is 37.9 Å². The molecule has 0 aliphatic rings. The fraction of sp³-hybridized carbons (Fsp3) is 0.800. The molecule has 16 nitrogen and oxygen atoms in total. The summed E-state index contributed by atoms with van der Waals surface area (Å²) in [5.41, 5.74) is 0. The van der Waals surface area contributed by atoms with Crippen molar-refractivity contribution in [1.82, 2.24) is 0 Å². The Morgan fingerprint density at radius 3 is 0.676 bits per heavy atom. The van der Waals surface area contributed by atoms with Gasteiger partial charge in [-0.15, -0.1) is 0 Å². The number of methoxy groups -OCH3 is 4. The maximum absolute atomic E-state index is 9.73. The molecule has 0 radical (unpaired) electrons. The van der Waals surface area contributed by atoms with E-state index in [9.17, 15) is 39.6 Å². The average Bonchev–Trinajstić information content (AvgIpc) is 2.83. The summed E-state index contributed by atoms with van der Waals surface area (Å²) >= 11 is 0. The predicted molar refractivity (Wildman–Crippen MR) is 110 cm³/mol. The van der Waals surface area contributed by atoms with Gasteiger partial charge >= 0.3 is 26.2 Å². The normalized spacial score (nSPS) is 12.8. The van der Waals surface area contributed by atoms with Crippen molar-refractivity contribution < 1.29 is 104 Å². The fourth-order valence-corrected chi connectivity index (χ4v) is 1.01. The molecule has 0 aromatic rings. The zero-order chi connectivity index (χ0) is 29.1. The third-order valence-electron chi connectivity index (χ3n) is 3.07. The molecule has 0 rings (SSSR count). The smallest absolute Gasteiger partial charge is 0.548 e. The first-order valence-electron chi connectivity index (χ1n) is 10.0. The van der Waals surface area contributed by atoms with Crippen molar-refractivity contribution in [2.24, 2.45) is 0 Å². The number of aliphatic carboxylic acids is 4. The third kappa shape index (κ3) is 51.8. The van der Waals surface area contributed by atoms with Gasteiger partial charge in [-0.3, -0.25) is 0 Å². The van der Waals surface area contributed by atoms with Gasteiger partial charge in [-0.1, -0.05) is 0 Å². The number of carboxylic acids is 4. The van der Waals surface area contributed by atoms with Gasteiger partial charge in [0.05, 0.1) is 50.3 Å². The molecule has 0 amide bonds. The van der Waals surface area contributed by atoms with Crippen molar-refractivity contribution in [2.75, 3.05) is 54.9 Å². The van der Waals surface area contributed by atoms with Crippen molar-refractivity contribution in [1.29, 1.82) is 0 Å². The monoisotopic (exact) mass is 622 g/mol. The molecule has 0 fully saturated rings. The van der Waals surface area contributed by atoms with Crippen LogP contribution in [0.25, 0.3) is 0 Å². The minimum atomic E-state index is -1.24. The van der Waals surface area contributed by atoms with Crippen LogP contribution < -0.4 is 20.4 Å². The first-order chi connectivity index (χ1) is 16.7. The number of rotatable bonds is 16. The predicted octanol–water partition coefficient (Wildman–Crippen LogP) is -5.02. The van der Waals surface area contributed by atoms with E-state index in [1.54, 1.807) is 27.7 Å². The van der Waals surface area contributed by atoms with Crippen molar-refractivity contribution in [3.8, 4) is 0 Å². The number of hydrogen-bond acceptors (Lipinski definition) is 16. The second-order valence-electron chi connectivity index (χ2n) is 5.95. The standard InChI is InChI=1S/4C5H10O4.Zr/c4*1-4(8-2)9-3-5(6)7;/h4*4H,3H2,1-2H3,(H,6,7);/q;;;;+4/p-4. The van der Waals surface area contributed by atoms with Crippen molar-refractivity contribution >= 4 is 23.9 Å². The summed E-state index contributed by atoms with van der Waals surface area (Å²) in [6, 6.07) is 0. The van der Waals surface area contributed by atoms with Crippen LogP contribution in [0.4, 0.5) is 0 Å². The largest absolute Gasteiger partial charge is 4.00 e. The molecule has 0 aliphatic heterocycles. The zero-order valence-electron chi connectivity index (χ0n) is 22.2. The number of carboxylic acid groups (broad SMARTS) is 4. The molecule has 0 bridgehead atoms. The molecule has 4 unspecified atom stereocenters. The quantitative estimate of drug-likeness (QED) is 0.146. The summed E-state index contributed by atoms with van der Waals surface area (Å²) < 4.78 is 36.6. The van der Waals surface area contributed by atoms with Crippen LogP contribution in [0.15, 0.2) is 0 Å². The fourth-order valence-electron chi connectivity index (χ4n) is 1.01. The second-order valence-corrected chi connectivity index (χ2v) is 5.95. The molecule has 0 saturated carbocycles. The Morgan fingerprint density at radius 1 is 0.459 bits per heavy atom. The Balaban J connectivity index is -0.000000122. The van der Waals surface area contributed by atoms with Gasteiger partial charge in [-0.25, -0.2) is 0 Å². The first kappa shape index (κ1) is 45.4. The van der Waals surface area contributed by atoms with Gasteiger partial charge in [0, 0.05) is 28.4 Å². The average molecular weight is 624 g/mol. The maximum atomic E-state index is 9.73. The van der Waals surface area contributed by atoms with Crippen LogP contribution in [-0.4, -0.2) is 104 Å². The van der Waals surface area contributed by atoms with Gasteiger partial charge in [0.15, 0.2) is 25.2 Å². The number of carbonyl (C=O) groups is 4. The topological polar surface area (TPSA) is 234 Å². The summed E-state index contributed by atoms with van der Waals surface area (Å²) in [6.07, 6.45) is -1.93. The van der Waals surface area contributed by atoms with Gasteiger partial charge in [0.1, 0.15) is 0 Å². The Hall–Kier alpha value is -1.56. The molecule has 216 valence electrons. The van der Waals surface area contributed by atoms with Gasteiger partial charge in [-0.2, -0.15) is 0 Å². The van der Waals surface area contributed by atoms with Crippen molar-refractivity contribution in [3.63, 3.8) is 0 Å². The minimum absolute atomic E-state index is 0. The second kappa shape index (κ2) is 32.5. The van der Waals surface area contributed by atoms with Crippen LogP contribution in [0, 0.1) is 0 Å². The van der Waals surface area contributed by atoms with Crippen LogP contribution in [0.3, 0.4) is 0 Å².